The molecule has 0 unspecified atom stereocenters. The Labute approximate surface area is 75.9 Å². The second-order valence-corrected chi connectivity index (χ2v) is 2.91. The zero-order valence-electron chi connectivity index (χ0n) is 5.40. The Morgan fingerprint density at radius 3 is 2.82 bits per heavy atom. The van der Waals surface area contributed by atoms with Crippen molar-refractivity contribution in [3.05, 3.63) is 20.7 Å². The van der Waals surface area contributed by atoms with E-state index in [1.54, 1.807) is 0 Å². The summed E-state index contributed by atoms with van der Waals surface area (Å²) >= 11 is 8.39. The summed E-state index contributed by atoms with van der Waals surface area (Å²) in [5, 5.41) is 0. The minimum atomic E-state index is -0.312. The molecule has 0 aliphatic carbocycles. The van der Waals surface area contributed by atoms with Crippen molar-refractivity contribution in [2.75, 3.05) is 5.73 Å². The van der Waals surface area contributed by atoms with Crippen molar-refractivity contribution in [2.45, 2.75) is 5.88 Å². The molecule has 3 N–H and O–H groups in total. The fourth-order valence-corrected chi connectivity index (χ4v) is 0.902. The van der Waals surface area contributed by atoms with Gasteiger partial charge >= 0.3 is 0 Å². The Balaban J connectivity index is 3.32. The van der Waals surface area contributed by atoms with Crippen LogP contribution in [0.2, 0.25) is 0 Å². The summed E-state index contributed by atoms with van der Waals surface area (Å²) in [5.74, 6) is 0.675. The molecule has 0 aliphatic rings. The van der Waals surface area contributed by atoms with Crippen molar-refractivity contribution in [3.63, 3.8) is 0 Å². The van der Waals surface area contributed by atoms with Gasteiger partial charge in [0, 0.05) is 0 Å². The van der Waals surface area contributed by atoms with Crippen molar-refractivity contribution in [2.24, 2.45) is 0 Å². The minimum absolute atomic E-state index is 0.146. The van der Waals surface area contributed by atoms with E-state index < -0.39 is 0 Å². The Morgan fingerprint density at radius 1 is 1.73 bits per heavy atom. The highest BCUT2D eigenvalue weighted by atomic mass is 79.9. The molecule has 0 fully saturated rings. The largest absolute Gasteiger partial charge is 0.383 e. The zero-order valence-corrected chi connectivity index (χ0v) is 7.74. The van der Waals surface area contributed by atoms with Gasteiger partial charge in [0.05, 0.1) is 5.88 Å². The van der Waals surface area contributed by atoms with Gasteiger partial charge in [-0.3, -0.25) is 4.79 Å². The molecule has 0 saturated carbocycles. The van der Waals surface area contributed by atoms with Gasteiger partial charge in [-0.05, 0) is 15.9 Å². The average molecular weight is 238 g/mol. The van der Waals surface area contributed by atoms with Gasteiger partial charge in [-0.25, -0.2) is 4.98 Å². The third kappa shape index (κ3) is 1.72. The lowest BCUT2D eigenvalue weighted by Gasteiger charge is -1.97. The molecular weight excluding hydrogens is 233 g/mol. The summed E-state index contributed by atoms with van der Waals surface area (Å²) in [6, 6.07) is 0. The van der Waals surface area contributed by atoms with Crippen LogP contribution in [0, 0.1) is 0 Å². The number of halogens is 2. The Kier molecular flexibility index (Phi) is 2.51. The van der Waals surface area contributed by atoms with Crippen molar-refractivity contribution < 1.29 is 0 Å². The van der Waals surface area contributed by atoms with Crippen molar-refractivity contribution in [1.29, 1.82) is 0 Å². The Bertz CT molecular complexity index is 324. The van der Waals surface area contributed by atoms with Gasteiger partial charge in [0.25, 0.3) is 5.56 Å². The van der Waals surface area contributed by atoms with Crippen LogP contribution in [0.3, 0.4) is 0 Å². The normalized spacial score (nSPS) is 10.0. The highest BCUT2D eigenvalue weighted by molar-refractivity contribution is 9.10. The molecule has 0 atom stereocenters. The molecule has 1 heterocycles. The van der Waals surface area contributed by atoms with Crippen LogP contribution in [0.5, 0.6) is 0 Å². The number of hydrogen-bond acceptors (Lipinski definition) is 3. The number of aromatic nitrogens is 2. The first kappa shape index (κ1) is 8.55. The fourth-order valence-electron chi connectivity index (χ4n) is 0.588. The van der Waals surface area contributed by atoms with Crippen molar-refractivity contribution in [1.82, 2.24) is 9.97 Å². The van der Waals surface area contributed by atoms with Gasteiger partial charge in [0.1, 0.15) is 16.1 Å². The van der Waals surface area contributed by atoms with E-state index in [0.29, 0.717) is 5.82 Å². The highest BCUT2D eigenvalue weighted by Crippen LogP contribution is 2.10. The lowest BCUT2D eigenvalue weighted by Crippen LogP contribution is -2.14. The number of nitrogen functional groups attached to an aromatic ring is 1. The van der Waals surface area contributed by atoms with Gasteiger partial charge in [-0.15, -0.1) is 11.6 Å². The maximum atomic E-state index is 10.9. The van der Waals surface area contributed by atoms with Crippen LogP contribution >= 0.6 is 27.5 Å². The monoisotopic (exact) mass is 237 g/mol. The van der Waals surface area contributed by atoms with Gasteiger partial charge in [0.2, 0.25) is 0 Å². The number of alkyl halides is 1. The average Bonchev–Trinajstić information content (AvgIpc) is 1.99. The molecule has 1 aromatic rings. The van der Waals surface area contributed by atoms with Crippen molar-refractivity contribution >= 4 is 33.3 Å². The SMILES string of the molecule is Nc1nc(CCl)[nH]c(=O)c1Br. The molecule has 1 aromatic heterocycles. The third-order valence-corrected chi connectivity index (χ3v) is 2.08. The van der Waals surface area contributed by atoms with Crippen LogP contribution in [0.4, 0.5) is 5.82 Å². The van der Waals surface area contributed by atoms with E-state index in [0.717, 1.165) is 0 Å². The number of rotatable bonds is 1. The minimum Gasteiger partial charge on any atom is -0.383 e. The van der Waals surface area contributed by atoms with Crippen molar-refractivity contribution in [3.8, 4) is 0 Å². The summed E-state index contributed by atoms with van der Waals surface area (Å²) in [4.78, 5) is 17.2. The number of nitrogens with two attached hydrogens (primary N) is 1. The molecule has 0 aromatic carbocycles. The predicted octanol–water partition coefficient (Wildman–Crippen LogP) is 0.853. The molecule has 0 spiro atoms. The highest BCUT2D eigenvalue weighted by Gasteiger charge is 2.03. The predicted molar refractivity (Wildman–Crippen MR) is 46.5 cm³/mol. The maximum Gasteiger partial charge on any atom is 0.267 e. The first-order valence-electron chi connectivity index (χ1n) is 2.75. The maximum absolute atomic E-state index is 10.9. The number of hydrogen-bond donors (Lipinski definition) is 2. The van der Waals surface area contributed by atoms with Crippen LogP contribution in [0.25, 0.3) is 0 Å². The molecule has 1 rings (SSSR count). The van der Waals surface area contributed by atoms with E-state index in [1.807, 2.05) is 0 Å². The molecule has 0 saturated heterocycles. The molecular formula is C5H5BrClN3O. The second kappa shape index (κ2) is 3.23. The van der Waals surface area contributed by atoms with Crippen LogP contribution in [-0.2, 0) is 5.88 Å². The lowest BCUT2D eigenvalue weighted by atomic mass is 10.5. The topological polar surface area (TPSA) is 71.8 Å². The van der Waals surface area contributed by atoms with Crippen LogP contribution in [0.1, 0.15) is 5.82 Å². The summed E-state index contributed by atoms with van der Waals surface area (Å²) < 4.78 is 0.242. The van der Waals surface area contributed by atoms with E-state index in [-0.39, 0.29) is 21.7 Å². The zero-order chi connectivity index (χ0) is 8.43. The molecule has 6 heteroatoms. The number of anilines is 1. The van der Waals surface area contributed by atoms with Gasteiger partial charge < -0.3 is 10.7 Å². The summed E-state index contributed by atoms with van der Waals surface area (Å²) in [7, 11) is 0. The summed E-state index contributed by atoms with van der Waals surface area (Å²) in [6.07, 6.45) is 0. The Hall–Kier alpha value is -0.550. The van der Waals surface area contributed by atoms with Crippen LogP contribution in [-0.4, -0.2) is 9.97 Å². The molecule has 0 amide bonds. The quantitative estimate of drug-likeness (QED) is 0.713. The number of nitrogens with zero attached hydrogens (tertiary/aromatic N) is 1. The number of nitrogens with one attached hydrogen (secondary N) is 1. The lowest BCUT2D eigenvalue weighted by molar-refractivity contribution is 0.996. The first-order valence-corrected chi connectivity index (χ1v) is 4.08. The van der Waals surface area contributed by atoms with Crippen LogP contribution < -0.4 is 11.3 Å². The van der Waals surface area contributed by atoms with E-state index in [9.17, 15) is 4.79 Å². The van der Waals surface area contributed by atoms with E-state index >= 15 is 0 Å². The Morgan fingerprint density at radius 2 is 2.36 bits per heavy atom. The number of aromatic amines is 1. The standard InChI is InChI=1S/C5H5BrClN3O/c6-3-4(8)9-2(1-7)10-5(3)11/h1H2,(H3,8,9,10,11). The molecule has 11 heavy (non-hydrogen) atoms. The summed E-state index contributed by atoms with van der Waals surface area (Å²) in [6.45, 7) is 0. The summed E-state index contributed by atoms with van der Waals surface area (Å²) in [5.41, 5.74) is 5.05. The first-order chi connectivity index (χ1) is 5.15. The van der Waals surface area contributed by atoms with Gasteiger partial charge in [0.15, 0.2) is 0 Å². The third-order valence-electron chi connectivity index (χ3n) is 1.06. The molecule has 0 bridgehead atoms. The molecule has 60 valence electrons. The smallest absolute Gasteiger partial charge is 0.267 e. The number of H-pyrrole nitrogens is 1. The van der Waals surface area contributed by atoms with Crippen LogP contribution in [0.15, 0.2) is 9.27 Å². The van der Waals surface area contributed by atoms with E-state index in [4.69, 9.17) is 17.3 Å². The second-order valence-electron chi connectivity index (χ2n) is 1.85. The molecule has 0 aliphatic heterocycles. The van der Waals surface area contributed by atoms with Gasteiger partial charge in [-0.2, -0.15) is 0 Å². The van der Waals surface area contributed by atoms with Gasteiger partial charge in [-0.1, -0.05) is 0 Å². The van der Waals surface area contributed by atoms with E-state index in [2.05, 4.69) is 25.9 Å². The fraction of sp³-hybridized carbons (Fsp3) is 0.200. The van der Waals surface area contributed by atoms with E-state index in [1.165, 1.54) is 0 Å². The molecule has 4 nitrogen and oxygen atoms in total. The molecule has 0 radical (unpaired) electrons.